The number of halogens is 1. The molecule has 1 aliphatic heterocycles. The standard InChI is InChI=1S/C15H20FNO4/c1-11-10-17(4-6-20-11)5-7-21-13-3-2-12(8-15(18)19)14(16)9-13/h2-3,9,11H,4-8,10H2,1H3,(H,18,19)/t11-/m1/s1. The van der Waals surface area contributed by atoms with Crippen LogP contribution in [0, 0.1) is 5.82 Å². The molecular formula is C15H20FNO4. The average Bonchev–Trinajstić information content (AvgIpc) is 2.41. The number of ether oxygens (including phenoxy) is 2. The monoisotopic (exact) mass is 297 g/mol. The van der Waals surface area contributed by atoms with Gasteiger partial charge in [-0.25, -0.2) is 4.39 Å². The molecule has 1 aromatic carbocycles. The summed E-state index contributed by atoms with van der Waals surface area (Å²) in [6.45, 7) is 5.72. The number of carboxylic acid groups (broad SMARTS) is 1. The van der Waals surface area contributed by atoms with E-state index in [9.17, 15) is 9.18 Å². The molecule has 21 heavy (non-hydrogen) atoms. The van der Waals surface area contributed by atoms with Crippen molar-refractivity contribution in [3.63, 3.8) is 0 Å². The summed E-state index contributed by atoms with van der Waals surface area (Å²) in [6, 6.07) is 4.29. The third kappa shape index (κ3) is 4.99. The van der Waals surface area contributed by atoms with Crippen LogP contribution in [0.5, 0.6) is 5.75 Å². The molecule has 1 N–H and O–H groups in total. The zero-order valence-corrected chi connectivity index (χ0v) is 12.0. The predicted octanol–water partition coefficient (Wildman–Crippen LogP) is 1.55. The molecule has 1 aliphatic rings. The molecule has 6 heteroatoms. The molecule has 116 valence electrons. The quantitative estimate of drug-likeness (QED) is 0.863. The van der Waals surface area contributed by atoms with Gasteiger partial charge < -0.3 is 14.6 Å². The van der Waals surface area contributed by atoms with Gasteiger partial charge in [-0.1, -0.05) is 6.07 Å². The molecule has 1 atom stereocenters. The highest BCUT2D eigenvalue weighted by Crippen LogP contribution is 2.17. The van der Waals surface area contributed by atoms with Crippen LogP contribution in [0.3, 0.4) is 0 Å². The lowest BCUT2D eigenvalue weighted by Gasteiger charge is -2.30. The van der Waals surface area contributed by atoms with Crippen molar-refractivity contribution in [2.24, 2.45) is 0 Å². The summed E-state index contributed by atoms with van der Waals surface area (Å²) in [7, 11) is 0. The van der Waals surface area contributed by atoms with Crippen LogP contribution < -0.4 is 4.74 Å². The molecule has 0 unspecified atom stereocenters. The van der Waals surface area contributed by atoms with Crippen molar-refractivity contribution in [3.05, 3.63) is 29.6 Å². The minimum absolute atomic E-state index is 0.164. The maximum Gasteiger partial charge on any atom is 0.307 e. The van der Waals surface area contributed by atoms with Crippen molar-refractivity contribution in [2.45, 2.75) is 19.4 Å². The molecule has 0 aliphatic carbocycles. The predicted molar refractivity (Wildman–Crippen MR) is 75.1 cm³/mol. The van der Waals surface area contributed by atoms with E-state index in [2.05, 4.69) is 4.90 Å². The fourth-order valence-electron chi connectivity index (χ4n) is 2.31. The summed E-state index contributed by atoms with van der Waals surface area (Å²) >= 11 is 0. The molecule has 0 saturated carbocycles. The number of rotatable bonds is 6. The third-order valence-corrected chi connectivity index (χ3v) is 3.37. The highest BCUT2D eigenvalue weighted by Gasteiger charge is 2.16. The van der Waals surface area contributed by atoms with Crippen molar-refractivity contribution >= 4 is 5.97 Å². The van der Waals surface area contributed by atoms with Crippen molar-refractivity contribution in [2.75, 3.05) is 32.8 Å². The first-order valence-electron chi connectivity index (χ1n) is 7.01. The summed E-state index contributed by atoms with van der Waals surface area (Å²) in [6.07, 6.45) is -0.0934. The molecule has 0 amide bonds. The van der Waals surface area contributed by atoms with Gasteiger partial charge in [-0.05, 0) is 18.6 Å². The molecule has 0 aromatic heterocycles. The van der Waals surface area contributed by atoms with Crippen LogP contribution in [-0.2, 0) is 16.0 Å². The Balaban J connectivity index is 1.80. The molecule has 1 aromatic rings. The van der Waals surface area contributed by atoms with Crippen molar-refractivity contribution in [1.82, 2.24) is 4.90 Å². The number of carboxylic acids is 1. The van der Waals surface area contributed by atoms with Gasteiger partial charge in [0.2, 0.25) is 0 Å². The highest BCUT2D eigenvalue weighted by molar-refractivity contribution is 5.70. The van der Waals surface area contributed by atoms with E-state index < -0.39 is 11.8 Å². The molecule has 0 bridgehead atoms. The van der Waals surface area contributed by atoms with E-state index in [1.165, 1.54) is 12.1 Å². The number of hydrogen-bond donors (Lipinski definition) is 1. The van der Waals surface area contributed by atoms with Crippen LogP contribution in [0.4, 0.5) is 4.39 Å². The number of benzene rings is 1. The van der Waals surface area contributed by atoms with Gasteiger partial charge in [-0.15, -0.1) is 0 Å². The molecule has 0 spiro atoms. The Morgan fingerprint density at radius 1 is 1.57 bits per heavy atom. The molecule has 2 rings (SSSR count). The molecule has 0 radical (unpaired) electrons. The minimum Gasteiger partial charge on any atom is -0.492 e. The Hall–Kier alpha value is -1.66. The second-order valence-electron chi connectivity index (χ2n) is 5.15. The molecule has 1 heterocycles. The van der Waals surface area contributed by atoms with Crippen LogP contribution in [0.1, 0.15) is 12.5 Å². The SMILES string of the molecule is C[C@@H]1CN(CCOc2ccc(CC(=O)O)c(F)c2)CCO1. The molecule has 1 fully saturated rings. The van der Waals surface area contributed by atoms with Gasteiger partial charge in [-0.3, -0.25) is 9.69 Å². The summed E-state index contributed by atoms with van der Waals surface area (Å²) < 4.78 is 24.6. The summed E-state index contributed by atoms with van der Waals surface area (Å²) in [4.78, 5) is 12.8. The number of hydrogen-bond acceptors (Lipinski definition) is 4. The van der Waals surface area contributed by atoms with E-state index in [0.29, 0.717) is 12.4 Å². The Morgan fingerprint density at radius 2 is 2.38 bits per heavy atom. The lowest BCUT2D eigenvalue weighted by Crippen LogP contribution is -2.42. The van der Waals surface area contributed by atoms with Crippen LogP contribution in [-0.4, -0.2) is 54.9 Å². The van der Waals surface area contributed by atoms with Crippen LogP contribution >= 0.6 is 0 Å². The Labute approximate surface area is 123 Å². The van der Waals surface area contributed by atoms with E-state index in [1.54, 1.807) is 6.07 Å². The van der Waals surface area contributed by atoms with Crippen LogP contribution in [0.2, 0.25) is 0 Å². The van der Waals surface area contributed by atoms with Gasteiger partial charge in [-0.2, -0.15) is 0 Å². The fourth-order valence-corrected chi connectivity index (χ4v) is 2.31. The number of morpholine rings is 1. The van der Waals surface area contributed by atoms with Crippen LogP contribution in [0.25, 0.3) is 0 Å². The van der Waals surface area contributed by atoms with Crippen molar-refractivity contribution in [3.8, 4) is 5.75 Å². The zero-order chi connectivity index (χ0) is 15.2. The van der Waals surface area contributed by atoms with Crippen molar-refractivity contribution < 1.29 is 23.8 Å². The first kappa shape index (κ1) is 15.7. The van der Waals surface area contributed by atoms with E-state index >= 15 is 0 Å². The fraction of sp³-hybridized carbons (Fsp3) is 0.533. The number of nitrogens with zero attached hydrogens (tertiary/aromatic N) is 1. The lowest BCUT2D eigenvalue weighted by molar-refractivity contribution is -0.136. The third-order valence-electron chi connectivity index (χ3n) is 3.37. The highest BCUT2D eigenvalue weighted by atomic mass is 19.1. The van der Waals surface area contributed by atoms with Crippen LogP contribution in [0.15, 0.2) is 18.2 Å². The Kier molecular flexibility index (Phi) is 5.52. The van der Waals surface area contributed by atoms with Gasteiger partial charge in [0.1, 0.15) is 18.2 Å². The summed E-state index contributed by atoms with van der Waals surface area (Å²) in [5.74, 6) is -1.18. The second kappa shape index (κ2) is 7.38. The van der Waals surface area contributed by atoms with Gasteiger partial charge in [0.25, 0.3) is 0 Å². The topological polar surface area (TPSA) is 59.0 Å². The number of aliphatic carboxylic acids is 1. The van der Waals surface area contributed by atoms with Crippen molar-refractivity contribution in [1.29, 1.82) is 0 Å². The van der Waals surface area contributed by atoms with Gasteiger partial charge in [0.15, 0.2) is 0 Å². The van der Waals surface area contributed by atoms with E-state index in [1.807, 2.05) is 6.92 Å². The minimum atomic E-state index is -1.05. The molecule has 5 nitrogen and oxygen atoms in total. The first-order valence-corrected chi connectivity index (χ1v) is 7.01. The maximum atomic E-state index is 13.7. The van der Waals surface area contributed by atoms with E-state index in [-0.39, 0.29) is 18.1 Å². The largest absolute Gasteiger partial charge is 0.492 e. The van der Waals surface area contributed by atoms with Gasteiger partial charge in [0, 0.05) is 25.7 Å². The van der Waals surface area contributed by atoms with E-state index in [0.717, 1.165) is 26.2 Å². The lowest BCUT2D eigenvalue weighted by atomic mass is 10.1. The summed E-state index contributed by atoms with van der Waals surface area (Å²) in [5.41, 5.74) is 0.164. The zero-order valence-electron chi connectivity index (χ0n) is 12.0. The maximum absolute atomic E-state index is 13.7. The first-order chi connectivity index (χ1) is 10.0. The Morgan fingerprint density at radius 3 is 3.05 bits per heavy atom. The second-order valence-corrected chi connectivity index (χ2v) is 5.15. The molecular weight excluding hydrogens is 277 g/mol. The smallest absolute Gasteiger partial charge is 0.307 e. The summed E-state index contributed by atoms with van der Waals surface area (Å²) in [5, 5.41) is 8.65. The molecule has 1 saturated heterocycles. The Bertz CT molecular complexity index is 495. The van der Waals surface area contributed by atoms with E-state index in [4.69, 9.17) is 14.6 Å². The normalized spacial score (nSPS) is 19.4. The van der Waals surface area contributed by atoms with Gasteiger partial charge >= 0.3 is 5.97 Å². The van der Waals surface area contributed by atoms with Gasteiger partial charge in [0.05, 0.1) is 19.1 Å². The average molecular weight is 297 g/mol. The number of carbonyl (C=O) groups is 1.